The zero-order chi connectivity index (χ0) is 13.8. The van der Waals surface area contributed by atoms with Gasteiger partial charge in [-0.05, 0) is 53.2 Å². The van der Waals surface area contributed by atoms with Gasteiger partial charge in [-0.1, -0.05) is 38.3 Å². The van der Waals surface area contributed by atoms with Gasteiger partial charge >= 0.3 is 0 Å². The van der Waals surface area contributed by atoms with Crippen molar-refractivity contribution in [3.63, 3.8) is 0 Å². The molecule has 1 aromatic rings. The summed E-state index contributed by atoms with van der Waals surface area (Å²) in [5, 5.41) is 3.20. The molecule has 2 rings (SSSR count). The van der Waals surface area contributed by atoms with E-state index < -0.39 is 0 Å². The van der Waals surface area contributed by atoms with Crippen LogP contribution in [0.1, 0.15) is 54.9 Å². The lowest BCUT2D eigenvalue weighted by Gasteiger charge is -2.29. The second-order valence-corrected chi connectivity index (χ2v) is 6.34. The van der Waals surface area contributed by atoms with E-state index in [-0.39, 0.29) is 5.91 Å². The summed E-state index contributed by atoms with van der Waals surface area (Å²) in [6, 6.07) is 6.17. The maximum atomic E-state index is 12.3. The van der Waals surface area contributed by atoms with Gasteiger partial charge in [0.15, 0.2) is 0 Å². The number of carbonyl (C=O) groups excluding carboxylic acids is 1. The molecule has 0 heterocycles. The molecule has 0 radical (unpaired) electrons. The fourth-order valence-electron chi connectivity index (χ4n) is 2.88. The molecule has 0 spiro atoms. The second kappa shape index (κ2) is 6.56. The number of halogens is 1. The lowest BCUT2D eigenvalue weighted by Crippen LogP contribution is -2.38. The van der Waals surface area contributed by atoms with Crippen LogP contribution >= 0.6 is 15.9 Å². The van der Waals surface area contributed by atoms with Gasteiger partial charge in [0, 0.05) is 10.5 Å². The lowest BCUT2D eigenvalue weighted by atomic mass is 9.84. The summed E-state index contributed by atoms with van der Waals surface area (Å²) >= 11 is 3.51. The van der Waals surface area contributed by atoms with E-state index in [0.29, 0.717) is 6.04 Å². The maximum absolute atomic E-state index is 12.3. The van der Waals surface area contributed by atoms with Crippen molar-refractivity contribution in [3.8, 4) is 0 Å². The first-order valence-electron chi connectivity index (χ1n) is 7.17. The fraction of sp³-hybridized carbons (Fsp3) is 0.562. The molecule has 1 fully saturated rings. The highest BCUT2D eigenvalue weighted by Gasteiger charge is 2.23. The predicted molar refractivity (Wildman–Crippen MR) is 82.4 cm³/mol. The van der Waals surface area contributed by atoms with Crippen LogP contribution in [0.15, 0.2) is 22.7 Å². The van der Waals surface area contributed by atoms with E-state index in [2.05, 4.69) is 28.2 Å². The first-order chi connectivity index (χ1) is 9.11. The molecule has 0 aromatic heterocycles. The van der Waals surface area contributed by atoms with Crippen molar-refractivity contribution in [1.29, 1.82) is 0 Å². The van der Waals surface area contributed by atoms with Crippen molar-refractivity contribution < 1.29 is 4.79 Å². The molecule has 2 nitrogen and oxygen atoms in total. The van der Waals surface area contributed by atoms with Gasteiger partial charge in [0.25, 0.3) is 5.91 Å². The third kappa shape index (κ3) is 3.59. The van der Waals surface area contributed by atoms with E-state index >= 15 is 0 Å². The topological polar surface area (TPSA) is 29.1 Å². The van der Waals surface area contributed by atoms with Crippen LogP contribution in [0.4, 0.5) is 0 Å². The van der Waals surface area contributed by atoms with Gasteiger partial charge in [0.2, 0.25) is 0 Å². The molecule has 1 N–H and O–H groups in total. The van der Waals surface area contributed by atoms with E-state index in [4.69, 9.17) is 0 Å². The maximum Gasteiger partial charge on any atom is 0.252 e. The monoisotopic (exact) mass is 323 g/mol. The molecule has 19 heavy (non-hydrogen) atoms. The summed E-state index contributed by atoms with van der Waals surface area (Å²) in [5.41, 5.74) is 1.85. The summed E-state index contributed by atoms with van der Waals surface area (Å²) in [4.78, 5) is 12.3. The highest BCUT2D eigenvalue weighted by molar-refractivity contribution is 9.10. The Morgan fingerprint density at radius 3 is 2.95 bits per heavy atom. The van der Waals surface area contributed by atoms with E-state index in [1.807, 2.05) is 25.1 Å². The smallest absolute Gasteiger partial charge is 0.252 e. The van der Waals surface area contributed by atoms with Crippen molar-refractivity contribution in [2.75, 3.05) is 0 Å². The molecule has 3 heteroatoms. The fourth-order valence-corrected chi connectivity index (χ4v) is 3.32. The standard InChI is InChI=1S/C16H22BrNO/c1-3-12-7-5-8-13(10-12)18-16(19)14-9-4-6-11(2)15(14)17/h4,6,9,12-13H,3,5,7-8,10H2,1-2H3,(H,18,19). The number of rotatable bonds is 3. The Hall–Kier alpha value is -0.830. The highest BCUT2D eigenvalue weighted by Crippen LogP contribution is 2.27. The van der Waals surface area contributed by atoms with Gasteiger partial charge in [-0.3, -0.25) is 4.79 Å². The average Bonchev–Trinajstić information content (AvgIpc) is 2.42. The largest absolute Gasteiger partial charge is 0.349 e. The summed E-state index contributed by atoms with van der Waals surface area (Å²) in [6.07, 6.45) is 6.02. The first-order valence-corrected chi connectivity index (χ1v) is 7.97. The van der Waals surface area contributed by atoms with E-state index in [1.165, 1.54) is 19.3 Å². The molecule has 104 valence electrons. The molecular weight excluding hydrogens is 302 g/mol. The van der Waals surface area contributed by atoms with Crippen molar-refractivity contribution in [2.45, 2.75) is 52.0 Å². The Balaban J connectivity index is 2.02. The molecule has 1 aromatic carbocycles. The summed E-state index contributed by atoms with van der Waals surface area (Å²) in [5.74, 6) is 0.831. The van der Waals surface area contributed by atoms with Crippen molar-refractivity contribution in [1.82, 2.24) is 5.32 Å². The predicted octanol–water partition coefficient (Wildman–Crippen LogP) is 4.46. The van der Waals surface area contributed by atoms with Gasteiger partial charge in [-0.25, -0.2) is 0 Å². The van der Waals surface area contributed by atoms with Crippen LogP contribution in [0, 0.1) is 12.8 Å². The van der Waals surface area contributed by atoms with Gasteiger partial charge in [-0.15, -0.1) is 0 Å². The van der Waals surface area contributed by atoms with Crippen LogP contribution in [0.5, 0.6) is 0 Å². The number of benzene rings is 1. The molecule has 0 aliphatic heterocycles. The quantitative estimate of drug-likeness (QED) is 0.874. The Bertz CT molecular complexity index is 458. The third-order valence-electron chi connectivity index (χ3n) is 4.13. The van der Waals surface area contributed by atoms with E-state index in [0.717, 1.165) is 34.4 Å². The molecule has 1 aliphatic rings. The third-order valence-corrected chi connectivity index (χ3v) is 5.18. The minimum atomic E-state index is 0.0531. The van der Waals surface area contributed by atoms with Gasteiger partial charge in [-0.2, -0.15) is 0 Å². The summed E-state index contributed by atoms with van der Waals surface area (Å²) in [6.45, 7) is 4.25. The normalized spacial score (nSPS) is 23.1. The Labute approximate surface area is 124 Å². The second-order valence-electron chi connectivity index (χ2n) is 5.55. The van der Waals surface area contributed by atoms with E-state index in [9.17, 15) is 4.79 Å². The van der Waals surface area contributed by atoms with Crippen LogP contribution in [0.2, 0.25) is 0 Å². The molecule has 0 bridgehead atoms. The minimum Gasteiger partial charge on any atom is -0.349 e. The zero-order valence-corrected chi connectivity index (χ0v) is 13.3. The summed E-state index contributed by atoms with van der Waals surface area (Å²) < 4.78 is 0.912. The van der Waals surface area contributed by atoms with E-state index in [1.54, 1.807) is 0 Å². The molecule has 2 atom stereocenters. The minimum absolute atomic E-state index is 0.0531. The number of hydrogen-bond acceptors (Lipinski definition) is 1. The number of carbonyl (C=O) groups is 1. The molecule has 1 saturated carbocycles. The molecule has 1 aliphatic carbocycles. The molecular formula is C16H22BrNO. The first kappa shape index (κ1) is 14.6. The van der Waals surface area contributed by atoms with Gasteiger partial charge < -0.3 is 5.32 Å². The van der Waals surface area contributed by atoms with Crippen molar-refractivity contribution >= 4 is 21.8 Å². The van der Waals surface area contributed by atoms with Crippen LogP contribution < -0.4 is 5.32 Å². The van der Waals surface area contributed by atoms with Crippen LogP contribution in [0.25, 0.3) is 0 Å². The Kier molecular flexibility index (Phi) is 5.03. The SMILES string of the molecule is CCC1CCCC(NC(=O)c2cccc(C)c2Br)C1. The number of nitrogens with one attached hydrogen (secondary N) is 1. The molecule has 2 unspecified atom stereocenters. The van der Waals surface area contributed by atoms with Crippen molar-refractivity contribution in [2.24, 2.45) is 5.92 Å². The molecule has 0 saturated heterocycles. The Morgan fingerprint density at radius 1 is 1.42 bits per heavy atom. The average molecular weight is 324 g/mol. The zero-order valence-electron chi connectivity index (χ0n) is 11.7. The lowest BCUT2D eigenvalue weighted by molar-refractivity contribution is 0.0918. The van der Waals surface area contributed by atoms with Gasteiger partial charge in [0.1, 0.15) is 0 Å². The number of aryl methyl sites for hydroxylation is 1. The number of amides is 1. The van der Waals surface area contributed by atoms with Crippen LogP contribution in [-0.2, 0) is 0 Å². The van der Waals surface area contributed by atoms with Gasteiger partial charge in [0.05, 0.1) is 5.56 Å². The molecule has 1 amide bonds. The number of hydrogen-bond donors (Lipinski definition) is 1. The summed E-state index contributed by atoms with van der Waals surface area (Å²) in [7, 11) is 0. The van der Waals surface area contributed by atoms with Crippen LogP contribution in [0.3, 0.4) is 0 Å². The van der Waals surface area contributed by atoms with Crippen molar-refractivity contribution in [3.05, 3.63) is 33.8 Å². The Morgan fingerprint density at radius 2 is 2.21 bits per heavy atom. The van der Waals surface area contributed by atoms with Crippen LogP contribution in [-0.4, -0.2) is 11.9 Å². The highest BCUT2D eigenvalue weighted by atomic mass is 79.9.